The summed E-state index contributed by atoms with van der Waals surface area (Å²) < 4.78 is 0. The molecule has 0 amide bonds. The fourth-order valence-electron chi connectivity index (χ4n) is 1.96. The number of likely N-dealkylation sites (N-methyl/N-ethyl adjacent to an activating group) is 1. The molecule has 0 bridgehead atoms. The van der Waals surface area contributed by atoms with Crippen molar-refractivity contribution in [2.75, 3.05) is 33.2 Å². The summed E-state index contributed by atoms with van der Waals surface area (Å²) in [6.45, 7) is 12.4. The van der Waals surface area contributed by atoms with E-state index in [1.54, 1.807) is 11.3 Å². The maximum Gasteiger partial charge on any atom is 0.0982 e. The Morgan fingerprint density at radius 2 is 1.88 bits per heavy atom. The van der Waals surface area contributed by atoms with Gasteiger partial charge in [0.1, 0.15) is 0 Å². The van der Waals surface area contributed by atoms with Crippen molar-refractivity contribution in [1.82, 2.24) is 14.8 Å². The molecule has 0 aromatic carbocycles. The lowest BCUT2D eigenvalue weighted by molar-refractivity contribution is 0.147. The highest BCUT2D eigenvalue weighted by Gasteiger charge is 2.19. The first-order valence-corrected chi connectivity index (χ1v) is 7.19. The third-order valence-electron chi connectivity index (χ3n) is 3.17. The van der Waals surface area contributed by atoms with Crippen LogP contribution >= 0.6 is 11.3 Å². The number of aromatic nitrogens is 1. The van der Waals surface area contributed by atoms with Gasteiger partial charge in [-0.25, -0.2) is 4.98 Å². The average molecular weight is 253 g/mol. The van der Waals surface area contributed by atoms with Crippen LogP contribution in [0.15, 0.2) is 5.38 Å². The number of nitrogens with zero attached hydrogens (tertiary/aromatic N) is 3. The van der Waals surface area contributed by atoms with E-state index >= 15 is 0 Å². The highest BCUT2D eigenvalue weighted by atomic mass is 32.1. The van der Waals surface area contributed by atoms with Gasteiger partial charge >= 0.3 is 0 Å². The molecule has 0 aliphatic carbocycles. The topological polar surface area (TPSA) is 19.4 Å². The minimum Gasteiger partial charge on any atom is -0.304 e. The first kappa shape index (κ1) is 13.0. The molecule has 96 valence electrons. The van der Waals surface area contributed by atoms with Gasteiger partial charge in [0, 0.05) is 43.5 Å². The zero-order valence-electron chi connectivity index (χ0n) is 11.4. The molecule has 0 unspecified atom stereocenters. The molecule has 0 radical (unpaired) electrons. The van der Waals surface area contributed by atoms with E-state index in [-0.39, 0.29) is 5.41 Å². The lowest BCUT2D eigenvalue weighted by atomic mass is 9.98. The van der Waals surface area contributed by atoms with E-state index < -0.39 is 0 Å². The van der Waals surface area contributed by atoms with Gasteiger partial charge in [-0.2, -0.15) is 0 Å². The summed E-state index contributed by atoms with van der Waals surface area (Å²) in [4.78, 5) is 9.65. The van der Waals surface area contributed by atoms with Gasteiger partial charge in [0.15, 0.2) is 0 Å². The average Bonchev–Trinajstić information content (AvgIpc) is 2.69. The van der Waals surface area contributed by atoms with E-state index in [0.717, 1.165) is 6.54 Å². The van der Waals surface area contributed by atoms with Gasteiger partial charge in [0.2, 0.25) is 0 Å². The normalized spacial score (nSPS) is 19.8. The molecule has 0 N–H and O–H groups in total. The summed E-state index contributed by atoms with van der Waals surface area (Å²) in [5.74, 6) is 0. The van der Waals surface area contributed by atoms with Crippen LogP contribution in [0.25, 0.3) is 0 Å². The molecule has 1 aromatic heterocycles. The number of hydrogen-bond acceptors (Lipinski definition) is 4. The molecular formula is C13H23N3S. The van der Waals surface area contributed by atoms with Gasteiger partial charge in [-0.05, 0) is 7.05 Å². The highest BCUT2D eigenvalue weighted by molar-refractivity contribution is 7.09. The van der Waals surface area contributed by atoms with Crippen LogP contribution in [0.3, 0.4) is 0 Å². The second-order valence-corrected chi connectivity index (χ2v) is 6.83. The molecule has 0 spiro atoms. The zero-order valence-corrected chi connectivity index (χ0v) is 12.2. The van der Waals surface area contributed by atoms with E-state index in [2.05, 4.69) is 43.0 Å². The second kappa shape index (κ2) is 5.04. The van der Waals surface area contributed by atoms with E-state index in [1.807, 2.05) is 0 Å². The molecule has 17 heavy (non-hydrogen) atoms. The van der Waals surface area contributed by atoms with Gasteiger partial charge in [0.05, 0.1) is 10.7 Å². The number of rotatable bonds is 2. The van der Waals surface area contributed by atoms with Gasteiger partial charge < -0.3 is 4.90 Å². The van der Waals surface area contributed by atoms with Gasteiger partial charge in [-0.15, -0.1) is 11.3 Å². The van der Waals surface area contributed by atoms with Gasteiger partial charge in [0.25, 0.3) is 0 Å². The fourth-order valence-corrected chi connectivity index (χ4v) is 2.86. The predicted octanol–water partition coefficient (Wildman–Crippen LogP) is 2.19. The van der Waals surface area contributed by atoms with Crippen molar-refractivity contribution in [3.05, 3.63) is 16.1 Å². The lowest BCUT2D eigenvalue weighted by Crippen LogP contribution is -2.43. The monoisotopic (exact) mass is 253 g/mol. The summed E-state index contributed by atoms with van der Waals surface area (Å²) in [6, 6.07) is 0. The molecule has 2 rings (SSSR count). The SMILES string of the molecule is CN1CCN(Cc2csc(C(C)(C)C)n2)CC1. The number of thiazole rings is 1. The molecule has 1 aliphatic rings. The molecule has 1 aliphatic heterocycles. The van der Waals surface area contributed by atoms with Crippen molar-refractivity contribution in [3.63, 3.8) is 0 Å². The molecule has 0 saturated carbocycles. The van der Waals surface area contributed by atoms with E-state index in [9.17, 15) is 0 Å². The largest absolute Gasteiger partial charge is 0.304 e. The molecule has 3 nitrogen and oxygen atoms in total. The maximum absolute atomic E-state index is 4.76. The van der Waals surface area contributed by atoms with Crippen LogP contribution < -0.4 is 0 Å². The maximum atomic E-state index is 4.76. The first-order valence-electron chi connectivity index (χ1n) is 6.31. The van der Waals surface area contributed by atoms with Crippen molar-refractivity contribution < 1.29 is 0 Å². The molecule has 0 atom stereocenters. The lowest BCUT2D eigenvalue weighted by Gasteiger charge is -2.31. The van der Waals surface area contributed by atoms with Crippen LogP contribution in [0.2, 0.25) is 0 Å². The molecule has 1 aromatic rings. The van der Waals surface area contributed by atoms with Crippen LogP contribution in [0.4, 0.5) is 0 Å². The number of piperazine rings is 1. The quantitative estimate of drug-likeness (QED) is 0.805. The Hall–Kier alpha value is -0.450. The summed E-state index contributed by atoms with van der Waals surface area (Å²) in [6.07, 6.45) is 0. The van der Waals surface area contributed by atoms with Crippen molar-refractivity contribution in [2.45, 2.75) is 32.7 Å². The Morgan fingerprint density at radius 3 is 2.41 bits per heavy atom. The van der Waals surface area contributed by atoms with Crippen molar-refractivity contribution >= 4 is 11.3 Å². The van der Waals surface area contributed by atoms with E-state index in [0.29, 0.717) is 0 Å². The minimum absolute atomic E-state index is 0.186. The predicted molar refractivity (Wildman–Crippen MR) is 73.6 cm³/mol. The smallest absolute Gasteiger partial charge is 0.0982 e. The molecule has 1 fully saturated rings. The summed E-state index contributed by atoms with van der Waals surface area (Å²) in [5, 5.41) is 3.47. The second-order valence-electron chi connectivity index (χ2n) is 5.97. The minimum atomic E-state index is 0.186. The zero-order chi connectivity index (χ0) is 12.5. The van der Waals surface area contributed by atoms with Crippen LogP contribution in [-0.4, -0.2) is 48.0 Å². The Labute approximate surface area is 108 Å². The van der Waals surface area contributed by atoms with Crippen molar-refractivity contribution in [1.29, 1.82) is 0 Å². The molecule has 2 heterocycles. The molecule has 4 heteroatoms. The van der Waals surface area contributed by atoms with E-state index in [1.165, 1.54) is 36.9 Å². The Kier molecular flexibility index (Phi) is 3.85. The van der Waals surface area contributed by atoms with Crippen molar-refractivity contribution in [3.8, 4) is 0 Å². The fraction of sp³-hybridized carbons (Fsp3) is 0.769. The first-order chi connectivity index (χ1) is 7.95. The van der Waals surface area contributed by atoms with Crippen LogP contribution in [-0.2, 0) is 12.0 Å². The Bertz CT molecular complexity index is 359. The Morgan fingerprint density at radius 1 is 1.24 bits per heavy atom. The summed E-state index contributed by atoms with van der Waals surface area (Å²) in [7, 11) is 2.19. The Balaban J connectivity index is 1.93. The van der Waals surface area contributed by atoms with Crippen LogP contribution in [0.1, 0.15) is 31.5 Å². The standard InChI is InChI=1S/C13H23N3S/c1-13(2,3)12-14-11(10-17-12)9-16-7-5-15(4)6-8-16/h10H,5-9H2,1-4H3. The molecular weight excluding hydrogens is 230 g/mol. The third kappa shape index (κ3) is 3.50. The van der Waals surface area contributed by atoms with Crippen LogP contribution in [0, 0.1) is 0 Å². The van der Waals surface area contributed by atoms with Crippen LogP contribution in [0.5, 0.6) is 0 Å². The van der Waals surface area contributed by atoms with E-state index in [4.69, 9.17) is 4.98 Å². The molecule has 1 saturated heterocycles. The van der Waals surface area contributed by atoms with Gasteiger partial charge in [-0.3, -0.25) is 4.90 Å². The summed E-state index contributed by atoms with van der Waals surface area (Å²) >= 11 is 1.80. The third-order valence-corrected chi connectivity index (χ3v) is 4.49. The number of hydrogen-bond donors (Lipinski definition) is 0. The summed E-state index contributed by atoms with van der Waals surface area (Å²) in [5.41, 5.74) is 1.43. The van der Waals surface area contributed by atoms with Gasteiger partial charge in [-0.1, -0.05) is 20.8 Å². The highest BCUT2D eigenvalue weighted by Crippen LogP contribution is 2.26. The van der Waals surface area contributed by atoms with Crippen molar-refractivity contribution in [2.24, 2.45) is 0 Å².